The number of carbonyl (C=O) groups is 1. The summed E-state index contributed by atoms with van der Waals surface area (Å²) in [4.78, 5) is 35.7. The summed E-state index contributed by atoms with van der Waals surface area (Å²) in [5, 5.41) is 13.3. The van der Waals surface area contributed by atoms with Gasteiger partial charge in [-0.2, -0.15) is 5.26 Å². The van der Waals surface area contributed by atoms with Crippen LogP contribution >= 0.6 is 46.4 Å². The molecule has 3 atom stereocenters. The molecule has 2 aliphatic rings. The van der Waals surface area contributed by atoms with E-state index in [1.165, 1.54) is 16.7 Å². The number of carbonyl (C=O) groups excluding carboxylic acids is 1. The Hall–Kier alpha value is -3.75. The average molecular weight is 719 g/mol. The second kappa shape index (κ2) is 13.0. The van der Waals surface area contributed by atoms with Crippen LogP contribution in [0.4, 0.5) is 15.8 Å². The van der Waals surface area contributed by atoms with Gasteiger partial charge in [-0.05, 0) is 56.7 Å². The molecule has 9 nitrogen and oxygen atoms in total. The number of hydrogen-bond acceptors (Lipinski definition) is 7. The smallest absolute Gasteiger partial charge is 0.276 e. The molecule has 0 spiro atoms. The van der Waals surface area contributed by atoms with Crippen LogP contribution in [0.2, 0.25) is 20.1 Å². The molecule has 246 valence electrons. The van der Waals surface area contributed by atoms with E-state index >= 15 is 4.39 Å². The number of allylic oxidation sites excluding steroid dienone is 2. The lowest BCUT2D eigenvalue weighted by Gasteiger charge is -2.45. The van der Waals surface area contributed by atoms with Crippen molar-refractivity contribution in [3.8, 4) is 17.3 Å². The molecule has 2 aromatic heterocycles. The molecule has 1 amide bonds. The Balaban J connectivity index is 1.92. The minimum atomic E-state index is -0.988. The summed E-state index contributed by atoms with van der Waals surface area (Å²) in [5.41, 5.74) is 6.57. The molecule has 4 heterocycles. The van der Waals surface area contributed by atoms with Crippen molar-refractivity contribution in [2.45, 2.75) is 52.7 Å². The lowest BCUT2D eigenvalue weighted by atomic mass is 9.94. The highest BCUT2D eigenvalue weighted by Crippen LogP contribution is 2.46. The van der Waals surface area contributed by atoms with Gasteiger partial charge in [0.25, 0.3) is 5.56 Å². The first-order valence-corrected chi connectivity index (χ1v) is 16.3. The maximum absolute atomic E-state index is 15.8. The van der Waals surface area contributed by atoms with E-state index in [0.29, 0.717) is 29.9 Å². The van der Waals surface area contributed by atoms with Gasteiger partial charge in [0, 0.05) is 30.6 Å². The van der Waals surface area contributed by atoms with Gasteiger partial charge in [-0.15, -0.1) is 0 Å². The van der Waals surface area contributed by atoms with Crippen molar-refractivity contribution in [1.29, 1.82) is 5.26 Å². The Morgan fingerprint density at radius 2 is 1.83 bits per heavy atom. The van der Waals surface area contributed by atoms with Gasteiger partial charge in [-0.1, -0.05) is 66.8 Å². The highest BCUT2D eigenvalue weighted by molar-refractivity contribution is 6.49. The van der Waals surface area contributed by atoms with Gasteiger partial charge in [-0.3, -0.25) is 14.2 Å². The van der Waals surface area contributed by atoms with Gasteiger partial charge < -0.3 is 20.9 Å². The summed E-state index contributed by atoms with van der Waals surface area (Å²) < 4.78 is 17.2. The van der Waals surface area contributed by atoms with Gasteiger partial charge in [0.15, 0.2) is 5.82 Å². The first-order chi connectivity index (χ1) is 22.2. The number of amides is 1. The third-order valence-corrected chi connectivity index (χ3v) is 10.2. The lowest BCUT2D eigenvalue weighted by molar-refractivity contribution is -0.130. The SMILES string of the molecule is C=CC(=O)N1[C@H](C)CN(c2c(C#N)c(=O)n(C3=C(C)C=CN[C@@H]3C(C)C)c3nc(-c4c(N)c(Cl)c(Cl)c(Cl)c4F)c(Cl)cc23)C[C@@H]1C. The predicted molar refractivity (Wildman–Crippen MR) is 189 cm³/mol. The zero-order valence-corrected chi connectivity index (χ0v) is 29.3. The Kier molecular flexibility index (Phi) is 9.59. The zero-order chi connectivity index (χ0) is 34.6. The number of anilines is 2. The molecule has 1 fully saturated rings. The monoisotopic (exact) mass is 717 g/mol. The van der Waals surface area contributed by atoms with Crippen LogP contribution in [0.5, 0.6) is 0 Å². The van der Waals surface area contributed by atoms with Crippen molar-refractivity contribution in [3.63, 3.8) is 0 Å². The van der Waals surface area contributed by atoms with E-state index in [2.05, 4.69) is 18.0 Å². The maximum Gasteiger partial charge on any atom is 0.276 e. The molecule has 0 aliphatic carbocycles. The highest BCUT2D eigenvalue weighted by Gasteiger charge is 2.36. The van der Waals surface area contributed by atoms with E-state index < -0.39 is 16.4 Å². The Morgan fingerprint density at radius 1 is 1.19 bits per heavy atom. The third kappa shape index (κ3) is 5.63. The van der Waals surface area contributed by atoms with Crippen LogP contribution in [0.1, 0.15) is 40.2 Å². The second-order valence-corrected chi connectivity index (χ2v) is 13.6. The number of nitrogen functional groups attached to an aromatic ring is 1. The van der Waals surface area contributed by atoms with Crippen molar-refractivity contribution < 1.29 is 9.18 Å². The van der Waals surface area contributed by atoms with Crippen molar-refractivity contribution in [2.24, 2.45) is 5.92 Å². The number of hydrogen-bond donors (Lipinski definition) is 2. The maximum atomic E-state index is 15.8. The van der Waals surface area contributed by atoms with Crippen LogP contribution < -0.4 is 21.5 Å². The first kappa shape index (κ1) is 34.6. The fourth-order valence-electron chi connectivity index (χ4n) is 6.53. The number of pyridine rings is 2. The molecule has 5 rings (SSSR count). The summed E-state index contributed by atoms with van der Waals surface area (Å²) >= 11 is 25.5. The van der Waals surface area contributed by atoms with E-state index in [-0.39, 0.29) is 73.2 Å². The van der Waals surface area contributed by atoms with Crippen molar-refractivity contribution in [1.82, 2.24) is 19.8 Å². The van der Waals surface area contributed by atoms with E-state index in [1.807, 2.05) is 45.6 Å². The van der Waals surface area contributed by atoms with Gasteiger partial charge in [0.05, 0.1) is 54.5 Å². The summed E-state index contributed by atoms with van der Waals surface area (Å²) in [6, 6.07) is 2.72. The largest absolute Gasteiger partial charge is 0.397 e. The standard InChI is InChI=1S/C33H32Cl4FN7O2/c1-7-21(46)44-16(5)12-43(13-17(44)6)31-18-10-20(34)29(22-26(38)24(36)23(35)25(37)27(22)40)42-32(18)45(33(47)19(31)11-39)30-15(4)8-9-41-28(30)14(2)3/h7-10,14,16-17,28,41H,1,12-13,40H2,2-6H3/t16-,17+,28-/m1/s1. The number of nitriles is 1. The van der Waals surface area contributed by atoms with Gasteiger partial charge >= 0.3 is 0 Å². The summed E-state index contributed by atoms with van der Waals surface area (Å²) in [7, 11) is 0. The highest BCUT2D eigenvalue weighted by atomic mass is 35.5. The molecular weight excluding hydrogens is 687 g/mol. The molecule has 3 N–H and O–H groups in total. The first-order valence-electron chi connectivity index (χ1n) is 14.8. The average Bonchev–Trinajstić information content (AvgIpc) is 3.02. The minimum absolute atomic E-state index is 0.00275. The van der Waals surface area contributed by atoms with Crippen LogP contribution in [0.25, 0.3) is 28.0 Å². The number of aromatic nitrogens is 2. The quantitative estimate of drug-likeness (QED) is 0.123. The predicted octanol–water partition coefficient (Wildman–Crippen LogP) is 7.25. The van der Waals surface area contributed by atoms with Crippen LogP contribution in [-0.4, -0.2) is 51.6 Å². The van der Waals surface area contributed by atoms with Crippen LogP contribution in [0.15, 0.2) is 41.4 Å². The molecule has 1 saturated heterocycles. The van der Waals surface area contributed by atoms with Crippen molar-refractivity contribution >= 4 is 80.4 Å². The molecule has 14 heteroatoms. The number of dihydropyridines is 1. The van der Waals surface area contributed by atoms with Crippen LogP contribution in [-0.2, 0) is 4.79 Å². The number of nitrogens with one attached hydrogen (secondary N) is 1. The molecule has 1 aromatic carbocycles. The number of nitrogens with zero attached hydrogens (tertiary/aromatic N) is 5. The van der Waals surface area contributed by atoms with Crippen molar-refractivity contribution in [2.75, 3.05) is 23.7 Å². The second-order valence-electron chi connectivity index (χ2n) is 12.1. The molecule has 47 heavy (non-hydrogen) atoms. The molecule has 0 unspecified atom stereocenters. The molecular formula is C33H32Cl4FN7O2. The minimum Gasteiger partial charge on any atom is -0.397 e. The number of piperazine rings is 1. The summed E-state index contributed by atoms with van der Waals surface area (Å²) in [5.74, 6) is -1.21. The molecule has 2 aliphatic heterocycles. The molecule has 0 saturated carbocycles. The number of fused-ring (bicyclic) bond motifs is 1. The molecule has 0 bridgehead atoms. The molecule has 3 aromatic rings. The van der Waals surface area contributed by atoms with E-state index in [4.69, 9.17) is 57.1 Å². The van der Waals surface area contributed by atoms with Crippen LogP contribution in [0, 0.1) is 23.1 Å². The van der Waals surface area contributed by atoms with Crippen molar-refractivity contribution in [3.05, 3.63) is 78.4 Å². The summed E-state index contributed by atoms with van der Waals surface area (Å²) in [6.45, 7) is 13.8. The van der Waals surface area contributed by atoms with E-state index in [0.717, 1.165) is 5.57 Å². The third-order valence-electron chi connectivity index (χ3n) is 8.61. The summed E-state index contributed by atoms with van der Waals surface area (Å²) in [6.07, 6.45) is 4.88. The van der Waals surface area contributed by atoms with Gasteiger partial charge in [0.1, 0.15) is 17.3 Å². The normalized spacial score (nSPS) is 19.7. The van der Waals surface area contributed by atoms with E-state index in [1.54, 1.807) is 11.1 Å². The molecule has 0 radical (unpaired) electrons. The number of halogens is 5. The Bertz CT molecular complexity index is 1980. The Labute approximate surface area is 291 Å². The topological polar surface area (TPSA) is 120 Å². The van der Waals surface area contributed by atoms with Gasteiger partial charge in [0.2, 0.25) is 5.91 Å². The number of rotatable bonds is 5. The zero-order valence-electron chi connectivity index (χ0n) is 26.3. The fraction of sp³-hybridized carbons (Fsp3) is 0.333. The fourth-order valence-corrected chi connectivity index (χ4v) is 7.39. The Morgan fingerprint density at radius 3 is 2.40 bits per heavy atom. The lowest BCUT2D eigenvalue weighted by Crippen LogP contribution is -2.58. The number of benzene rings is 1. The number of nitrogens with two attached hydrogens (primary N) is 1. The van der Waals surface area contributed by atoms with Crippen LogP contribution in [0.3, 0.4) is 0 Å². The van der Waals surface area contributed by atoms with Gasteiger partial charge in [-0.25, -0.2) is 9.37 Å². The van der Waals surface area contributed by atoms with E-state index in [9.17, 15) is 14.9 Å².